The van der Waals surface area contributed by atoms with Crippen molar-refractivity contribution in [2.75, 3.05) is 26.6 Å². The fourth-order valence-electron chi connectivity index (χ4n) is 1.59. The molecule has 0 aliphatic heterocycles. The lowest BCUT2D eigenvalue weighted by Gasteiger charge is -2.09. The van der Waals surface area contributed by atoms with Crippen molar-refractivity contribution >= 4 is 5.69 Å². The minimum absolute atomic E-state index is 0.602. The van der Waals surface area contributed by atoms with Crippen LogP contribution < -0.4 is 14.8 Å². The van der Waals surface area contributed by atoms with Crippen LogP contribution in [-0.4, -0.2) is 31.2 Å². The minimum atomic E-state index is 0.602. The van der Waals surface area contributed by atoms with E-state index in [0.717, 1.165) is 17.0 Å². The van der Waals surface area contributed by atoms with E-state index in [4.69, 9.17) is 9.47 Å². The van der Waals surface area contributed by atoms with Crippen molar-refractivity contribution in [3.63, 3.8) is 0 Å². The second-order valence-electron chi connectivity index (χ2n) is 3.61. The molecule has 0 spiro atoms. The Bertz CT molecular complexity index is 526. The summed E-state index contributed by atoms with van der Waals surface area (Å²) in [6, 6.07) is 5.53. The smallest absolute Gasteiger partial charge is 0.163 e. The molecule has 1 heterocycles. The molecule has 0 saturated carbocycles. The molecule has 1 N–H and O–H groups in total. The van der Waals surface area contributed by atoms with Crippen LogP contribution in [0.2, 0.25) is 0 Å². The highest BCUT2D eigenvalue weighted by atomic mass is 16.5. The van der Waals surface area contributed by atoms with Gasteiger partial charge in [0.2, 0.25) is 0 Å². The van der Waals surface area contributed by atoms with E-state index in [1.807, 2.05) is 25.2 Å². The van der Waals surface area contributed by atoms with Gasteiger partial charge in [-0.1, -0.05) is 0 Å². The van der Waals surface area contributed by atoms with Gasteiger partial charge in [-0.3, -0.25) is 0 Å². The highest BCUT2D eigenvalue weighted by molar-refractivity contribution is 5.66. The number of hydrogen-bond acceptors (Lipinski definition) is 5. The number of anilines is 1. The molecule has 18 heavy (non-hydrogen) atoms. The average Bonchev–Trinajstić information content (AvgIpc) is 2.46. The third-order valence-electron chi connectivity index (χ3n) is 2.59. The van der Waals surface area contributed by atoms with Crippen LogP contribution in [0.25, 0.3) is 11.4 Å². The molecule has 0 saturated heterocycles. The summed E-state index contributed by atoms with van der Waals surface area (Å²) in [6.45, 7) is 0. The van der Waals surface area contributed by atoms with Crippen LogP contribution in [0.15, 0.2) is 30.6 Å². The van der Waals surface area contributed by atoms with Gasteiger partial charge in [-0.25, -0.2) is 9.97 Å². The molecular formula is C13H15N3O2. The summed E-state index contributed by atoms with van der Waals surface area (Å²) in [5.74, 6) is 2.06. The van der Waals surface area contributed by atoms with E-state index in [9.17, 15) is 0 Å². The van der Waals surface area contributed by atoms with Gasteiger partial charge >= 0.3 is 0 Å². The first kappa shape index (κ1) is 12.2. The van der Waals surface area contributed by atoms with Crippen molar-refractivity contribution in [3.05, 3.63) is 30.6 Å². The van der Waals surface area contributed by atoms with E-state index < -0.39 is 0 Å². The number of rotatable bonds is 4. The van der Waals surface area contributed by atoms with E-state index in [1.165, 1.54) is 0 Å². The SMILES string of the molecule is CNc1cnc(-c2cc(OC)ccc2OC)nc1. The quantitative estimate of drug-likeness (QED) is 0.895. The predicted octanol–water partition coefficient (Wildman–Crippen LogP) is 2.20. The van der Waals surface area contributed by atoms with Crippen LogP contribution in [0.3, 0.4) is 0 Å². The number of nitrogens with zero attached hydrogens (tertiary/aromatic N) is 2. The molecule has 5 nitrogen and oxygen atoms in total. The van der Waals surface area contributed by atoms with Crippen molar-refractivity contribution in [1.29, 1.82) is 0 Å². The van der Waals surface area contributed by atoms with Gasteiger partial charge in [-0.2, -0.15) is 0 Å². The van der Waals surface area contributed by atoms with Crippen molar-refractivity contribution < 1.29 is 9.47 Å². The summed E-state index contributed by atoms with van der Waals surface area (Å²) in [5, 5.41) is 2.98. The number of methoxy groups -OCH3 is 2. The molecule has 0 unspecified atom stereocenters. The van der Waals surface area contributed by atoms with E-state index in [2.05, 4.69) is 15.3 Å². The van der Waals surface area contributed by atoms with Gasteiger partial charge < -0.3 is 14.8 Å². The lowest BCUT2D eigenvalue weighted by molar-refractivity contribution is 0.404. The second kappa shape index (κ2) is 5.35. The van der Waals surface area contributed by atoms with Gasteiger partial charge in [-0.05, 0) is 18.2 Å². The Morgan fingerprint density at radius 3 is 2.33 bits per heavy atom. The largest absolute Gasteiger partial charge is 0.497 e. The first-order chi connectivity index (χ1) is 8.78. The van der Waals surface area contributed by atoms with E-state index >= 15 is 0 Å². The standard InChI is InChI=1S/C13H15N3O2/c1-14-9-7-15-13(16-8-9)11-6-10(17-2)4-5-12(11)18-3/h4-8,14H,1-3H3. The molecular weight excluding hydrogens is 230 g/mol. The molecule has 0 amide bonds. The Hall–Kier alpha value is -2.30. The van der Waals surface area contributed by atoms with Crippen LogP contribution in [-0.2, 0) is 0 Å². The summed E-state index contributed by atoms with van der Waals surface area (Å²) < 4.78 is 10.5. The lowest BCUT2D eigenvalue weighted by atomic mass is 10.1. The van der Waals surface area contributed by atoms with E-state index in [1.54, 1.807) is 26.6 Å². The summed E-state index contributed by atoms with van der Waals surface area (Å²) in [6.07, 6.45) is 3.45. The van der Waals surface area contributed by atoms with Gasteiger partial charge in [0.15, 0.2) is 5.82 Å². The van der Waals surface area contributed by atoms with Crippen LogP contribution in [0.4, 0.5) is 5.69 Å². The lowest BCUT2D eigenvalue weighted by Crippen LogP contribution is -1.96. The maximum absolute atomic E-state index is 5.30. The van der Waals surface area contributed by atoms with Gasteiger partial charge in [-0.15, -0.1) is 0 Å². The average molecular weight is 245 g/mol. The van der Waals surface area contributed by atoms with Crippen LogP contribution in [0.5, 0.6) is 11.5 Å². The van der Waals surface area contributed by atoms with E-state index in [0.29, 0.717) is 11.6 Å². The zero-order valence-electron chi connectivity index (χ0n) is 10.6. The predicted molar refractivity (Wildman–Crippen MR) is 70.1 cm³/mol. The maximum Gasteiger partial charge on any atom is 0.163 e. The molecule has 5 heteroatoms. The second-order valence-corrected chi connectivity index (χ2v) is 3.61. The fourth-order valence-corrected chi connectivity index (χ4v) is 1.59. The molecule has 2 rings (SSSR count). The molecule has 0 aliphatic carbocycles. The first-order valence-corrected chi connectivity index (χ1v) is 5.50. The third kappa shape index (κ3) is 2.34. The Labute approximate surface area is 106 Å². The zero-order valence-corrected chi connectivity index (χ0v) is 10.6. The Morgan fingerprint density at radius 1 is 1.06 bits per heavy atom. The number of benzene rings is 1. The summed E-state index contributed by atoms with van der Waals surface area (Å²) in [7, 11) is 5.06. The van der Waals surface area contributed by atoms with E-state index in [-0.39, 0.29) is 0 Å². The molecule has 1 aromatic heterocycles. The monoisotopic (exact) mass is 245 g/mol. The van der Waals surface area contributed by atoms with Crippen molar-refractivity contribution in [2.45, 2.75) is 0 Å². The van der Waals surface area contributed by atoms with Crippen molar-refractivity contribution in [2.24, 2.45) is 0 Å². The highest BCUT2D eigenvalue weighted by Crippen LogP contribution is 2.31. The van der Waals surface area contributed by atoms with Gasteiger partial charge in [0.05, 0.1) is 37.9 Å². The number of aromatic nitrogens is 2. The van der Waals surface area contributed by atoms with Crippen LogP contribution in [0, 0.1) is 0 Å². The Kier molecular flexibility index (Phi) is 3.62. The Balaban J connectivity index is 2.46. The molecule has 2 aromatic rings. The first-order valence-electron chi connectivity index (χ1n) is 5.50. The number of hydrogen-bond donors (Lipinski definition) is 1. The molecule has 0 aliphatic rings. The highest BCUT2D eigenvalue weighted by Gasteiger charge is 2.10. The summed E-state index contributed by atoms with van der Waals surface area (Å²) in [5.41, 5.74) is 1.67. The summed E-state index contributed by atoms with van der Waals surface area (Å²) in [4.78, 5) is 8.59. The molecule has 0 atom stereocenters. The fraction of sp³-hybridized carbons (Fsp3) is 0.231. The number of nitrogens with one attached hydrogen (secondary N) is 1. The Morgan fingerprint density at radius 2 is 1.78 bits per heavy atom. The number of ether oxygens (including phenoxy) is 2. The molecule has 1 aromatic carbocycles. The normalized spacial score (nSPS) is 9.94. The molecule has 94 valence electrons. The van der Waals surface area contributed by atoms with Crippen molar-refractivity contribution in [1.82, 2.24) is 9.97 Å². The molecule has 0 radical (unpaired) electrons. The summed E-state index contributed by atoms with van der Waals surface area (Å²) >= 11 is 0. The third-order valence-corrected chi connectivity index (χ3v) is 2.59. The minimum Gasteiger partial charge on any atom is -0.497 e. The van der Waals surface area contributed by atoms with Gasteiger partial charge in [0.1, 0.15) is 11.5 Å². The molecule has 0 fully saturated rings. The molecule has 0 bridgehead atoms. The van der Waals surface area contributed by atoms with Crippen LogP contribution in [0.1, 0.15) is 0 Å². The van der Waals surface area contributed by atoms with Crippen LogP contribution >= 0.6 is 0 Å². The van der Waals surface area contributed by atoms with Gasteiger partial charge in [0.25, 0.3) is 0 Å². The maximum atomic E-state index is 5.30. The van der Waals surface area contributed by atoms with Gasteiger partial charge in [0, 0.05) is 7.05 Å². The zero-order chi connectivity index (χ0) is 13.0. The topological polar surface area (TPSA) is 56.3 Å². The van der Waals surface area contributed by atoms with Crippen molar-refractivity contribution in [3.8, 4) is 22.9 Å².